The minimum atomic E-state index is -1.31. The number of rotatable bonds is 12. The molecule has 45 heavy (non-hydrogen) atoms. The number of hydrogen-bond acceptors (Lipinski definition) is 0. The maximum absolute atomic E-state index is 2.73. The van der Waals surface area contributed by atoms with Gasteiger partial charge >= 0.3 is 285 Å². The summed E-state index contributed by atoms with van der Waals surface area (Å²) < 4.78 is 3.30. The fourth-order valence-electron chi connectivity index (χ4n) is 8.21. The third kappa shape index (κ3) is 5.92. The average Bonchev–Trinajstić information content (AvgIpc) is 3.71. The van der Waals surface area contributed by atoms with E-state index in [-0.39, 0.29) is 5.41 Å². The van der Waals surface area contributed by atoms with Gasteiger partial charge in [-0.3, -0.25) is 0 Å². The van der Waals surface area contributed by atoms with Gasteiger partial charge in [0.25, 0.3) is 0 Å². The molecule has 0 saturated carbocycles. The molecule has 0 saturated heterocycles. The van der Waals surface area contributed by atoms with Gasteiger partial charge in [0.15, 0.2) is 0 Å². The van der Waals surface area contributed by atoms with Crippen LogP contribution < -0.4 is 10.4 Å². The fraction of sp³-hybridized carbons (Fsp3) is 0.341. The van der Waals surface area contributed by atoms with Crippen LogP contribution in [0.15, 0.2) is 119 Å². The Bertz CT molecular complexity index is 1800. The Morgan fingerprint density at radius 3 is 2.04 bits per heavy atom. The Balaban J connectivity index is 1.82. The summed E-state index contributed by atoms with van der Waals surface area (Å²) in [6.07, 6.45) is 20.3. The molecule has 0 amide bonds. The topological polar surface area (TPSA) is 0 Å². The van der Waals surface area contributed by atoms with E-state index in [0.29, 0.717) is 0 Å². The third-order valence-corrected chi connectivity index (χ3v) is 14.1. The summed E-state index contributed by atoms with van der Waals surface area (Å²) >= 11 is -1.31. The normalized spacial score (nSPS) is 18.5. The zero-order chi connectivity index (χ0) is 31.4. The Morgan fingerprint density at radius 1 is 0.800 bits per heavy atom. The number of fused-ring (bicyclic) bond motifs is 2. The van der Waals surface area contributed by atoms with Crippen molar-refractivity contribution in [3.05, 3.63) is 152 Å². The first-order valence-corrected chi connectivity index (χ1v) is 20.0. The minimum absolute atomic E-state index is 0.103. The molecule has 1 heteroatoms. The van der Waals surface area contributed by atoms with E-state index in [4.69, 9.17) is 0 Å². The van der Waals surface area contributed by atoms with Crippen LogP contribution in [0.2, 0.25) is 0 Å². The van der Waals surface area contributed by atoms with Gasteiger partial charge in [-0.2, -0.15) is 0 Å². The molecule has 0 bridgehead atoms. The molecule has 0 N–H and O–H groups in total. The van der Waals surface area contributed by atoms with Gasteiger partial charge in [-0.05, 0) is 0 Å². The Labute approximate surface area is 283 Å². The predicted octanol–water partition coefficient (Wildman–Crippen LogP) is 9.94. The molecule has 0 aromatic heterocycles. The number of hydrogen-bond donors (Lipinski definition) is 0. The summed E-state index contributed by atoms with van der Waals surface area (Å²) in [6.45, 7) is 11.9. The zero-order valence-electron chi connectivity index (χ0n) is 28.1. The molecule has 0 fully saturated rings. The first-order valence-electron chi connectivity index (χ1n) is 17.6. The van der Waals surface area contributed by atoms with Crippen LogP contribution in [0.4, 0.5) is 0 Å². The standard InChI is InChI=1S/C31H39.C13H10.Zr/c1-6-13-24-18-22(9-4)19-25-20-28-27(29(24)25)21-26(14-7-2)31(10-5,17-8-3)30(28)23-15-11-12-16-23;1-3-7-12(8-4-1)11-13-9-5-2-6-10-13;/h11-12,15,18-19,21H,6-10,13-14,16-17H2,1-5H3;1-10H;. The van der Waals surface area contributed by atoms with Gasteiger partial charge in [-0.1, -0.05) is 0 Å². The molecule has 6 rings (SSSR count). The second kappa shape index (κ2) is 14.3. The van der Waals surface area contributed by atoms with Crippen LogP contribution in [0, 0.1) is 5.41 Å². The molecule has 3 aliphatic carbocycles. The second-order valence-electron chi connectivity index (χ2n) is 13.0. The van der Waals surface area contributed by atoms with E-state index in [1.807, 2.05) is 0 Å². The first kappa shape index (κ1) is 32.1. The van der Waals surface area contributed by atoms with E-state index < -0.39 is 22.8 Å². The quantitative estimate of drug-likeness (QED) is 0.180. The molecular weight excluding hydrogens is 620 g/mol. The molecule has 3 aromatic carbocycles. The van der Waals surface area contributed by atoms with Crippen molar-refractivity contribution in [2.24, 2.45) is 5.41 Å². The Hall–Kier alpha value is -2.89. The molecule has 0 spiro atoms. The summed E-state index contributed by atoms with van der Waals surface area (Å²) in [6, 6.07) is 27.8. The average molecular weight is 669 g/mol. The second-order valence-corrected chi connectivity index (χ2v) is 16.1. The summed E-state index contributed by atoms with van der Waals surface area (Å²) in [5.74, 6) is 0. The SMILES string of the molecule is CCCC1=CC2=c3c(CCC)cc(CC)cc3=[C]([Zr]=[C](c3ccccc3)c3ccccc3)C2=C(C2=CC=CC2)C1(CC)CCC. The molecule has 0 heterocycles. The van der Waals surface area contributed by atoms with Crippen LogP contribution in [0.3, 0.4) is 0 Å². The number of allylic oxidation sites excluding steroid dienone is 8. The molecule has 0 aliphatic heterocycles. The van der Waals surface area contributed by atoms with E-state index in [9.17, 15) is 0 Å². The van der Waals surface area contributed by atoms with Crippen molar-refractivity contribution in [3.63, 3.8) is 0 Å². The van der Waals surface area contributed by atoms with Crippen molar-refractivity contribution >= 4 is 12.1 Å². The van der Waals surface area contributed by atoms with Crippen molar-refractivity contribution in [3.8, 4) is 0 Å². The van der Waals surface area contributed by atoms with Gasteiger partial charge < -0.3 is 0 Å². The molecule has 3 aromatic rings. The van der Waals surface area contributed by atoms with Crippen LogP contribution in [0.25, 0.3) is 8.85 Å². The van der Waals surface area contributed by atoms with Gasteiger partial charge in [0, 0.05) is 0 Å². The Kier molecular flexibility index (Phi) is 10.2. The van der Waals surface area contributed by atoms with Crippen LogP contribution in [0.5, 0.6) is 0 Å². The molecular formula is C44H49Zr. The summed E-state index contributed by atoms with van der Waals surface area (Å²) in [7, 11) is 0. The van der Waals surface area contributed by atoms with Crippen molar-refractivity contribution < 1.29 is 22.8 Å². The summed E-state index contributed by atoms with van der Waals surface area (Å²) in [5.41, 5.74) is 14.1. The maximum atomic E-state index is 2.73. The van der Waals surface area contributed by atoms with E-state index in [0.717, 1.165) is 19.3 Å². The van der Waals surface area contributed by atoms with Crippen molar-refractivity contribution in [2.45, 2.75) is 92.4 Å². The molecule has 0 radical (unpaired) electrons. The predicted molar refractivity (Wildman–Crippen MR) is 191 cm³/mol. The molecule has 229 valence electrons. The van der Waals surface area contributed by atoms with E-state index in [2.05, 4.69) is 132 Å². The molecule has 1 atom stereocenters. The summed E-state index contributed by atoms with van der Waals surface area (Å²) in [5, 5.41) is 3.14. The van der Waals surface area contributed by atoms with Crippen molar-refractivity contribution in [2.75, 3.05) is 0 Å². The van der Waals surface area contributed by atoms with Crippen LogP contribution >= 0.6 is 0 Å². The Morgan fingerprint density at radius 2 is 1.49 bits per heavy atom. The van der Waals surface area contributed by atoms with Crippen LogP contribution in [-0.2, 0) is 35.6 Å². The number of benzene rings is 3. The van der Waals surface area contributed by atoms with Gasteiger partial charge in [-0.15, -0.1) is 0 Å². The fourth-order valence-corrected chi connectivity index (χ4v) is 12.1. The number of aryl methyl sites for hydroxylation is 2. The van der Waals surface area contributed by atoms with Crippen LogP contribution in [0.1, 0.15) is 102 Å². The summed E-state index contributed by atoms with van der Waals surface area (Å²) in [4.78, 5) is 0. The van der Waals surface area contributed by atoms with Gasteiger partial charge in [-0.25, -0.2) is 0 Å². The van der Waals surface area contributed by atoms with Gasteiger partial charge in [0.05, 0.1) is 0 Å². The molecule has 0 nitrogen and oxygen atoms in total. The van der Waals surface area contributed by atoms with Crippen molar-refractivity contribution in [1.29, 1.82) is 0 Å². The van der Waals surface area contributed by atoms with Crippen molar-refractivity contribution in [1.82, 2.24) is 0 Å². The molecule has 1 unspecified atom stereocenters. The first-order chi connectivity index (χ1) is 22.1. The zero-order valence-corrected chi connectivity index (χ0v) is 30.6. The molecule has 3 aliphatic rings. The van der Waals surface area contributed by atoms with E-state index in [1.165, 1.54) is 55.2 Å². The third-order valence-electron chi connectivity index (χ3n) is 10.2. The van der Waals surface area contributed by atoms with E-state index >= 15 is 0 Å². The van der Waals surface area contributed by atoms with E-state index in [1.54, 1.807) is 50.4 Å². The van der Waals surface area contributed by atoms with Gasteiger partial charge in [0.1, 0.15) is 0 Å². The van der Waals surface area contributed by atoms with Gasteiger partial charge in [0.2, 0.25) is 0 Å². The monoisotopic (exact) mass is 667 g/mol. The van der Waals surface area contributed by atoms with Crippen LogP contribution in [-0.4, -0.2) is 3.21 Å².